The molecule has 2 nitrogen and oxygen atoms in total. The van der Waals surface area contributed by atoms with Crippen molar-refractivity contribution in [3.05, 3.63) is 0 Å². The first-order valence-corrected chi connectivity index (χ1v) is 3.07. The van der Waals surface area contributed by atoms with E-state index in [1.165, 1.54) is 6.92 Å². The maximum Gasteiger partial charge on any atom is 0.225 e. The van der Waals surface area contributed by atoms with Gasteiger partial charge in [0.1, 0.15) is 6.17 Å². The van der Waals surface area contributed by atoms with Crippen molar-refractivity contribution in [1.29, 1.82) is 0 Å². The van der Waals surface area contributed by atoms with Crippen molar-refractivity contribution in [1.82, 2.24) is 5.32 Å². The van der Waals surface area contributed by atoms with Crippen LogP contribution in [0.4, 0.5) is 4.39 Å². The van der Waals surface area contributed by atoms with E-state index in [1.54, 1.807) is 6.92 Å². The van der Waals surface area contributed by atoms with E-state index in [4.69, 9.17) is 0 Å². The number of carbonyl (C=O) groups is 1. The van der Waals surface area contributed by atoms with Crippen LogP contribution in [0.25, 0.3) is 0 Å². The molecular formula is C6H10FNO. The minimum absolute atomic E-state index is 0.0375. The van der Waals surface area contributed by atoms with Crippen LogP contribution in [0.1, 0.15) is 13.8 Å². The van der Waals surface area contributed by atoms with Crippen molar-refractivity contribution in [2.24, 2.45) is 5.92 Å². The summed E-state index contributed by atoms with van der Waals surface area (Å²) in [6.07, 6.45) is -0.919. The largest absolute Gasteiger partial charge is 0.349 e. The molecule has 3 atom stereocenters. The summed E-state index contributed by atoms with van der Waals surface area (Å²) in [5, 5.41) is 2.48. The number of nitrogens with one attached hydrogen (secondary N) is 1. The molecule has 0 unspecified atom stereocenters. The molecule has 1 saturated heterocycles. The molecule has 1 fully saturated rings. The minimum atomic E-state index is -0.919. The van der Waals surface area contributed by atoms with Gasteiger partial charge in [-0.25, -0.2) is 4.39 Å². The fourth-order valence-corrected chi connectivity index (χ4v) is 1.00. The average molecular weight is 131 g/mol. The van der Waals surface area contributed by atoms with Gasteiger partial charge in [-0.05, 0) is 6.92 Å². The third-order valence-corrected chi connectivity index (χ3v) is 1.76. The molecule has 1 aliphatic heterocycles. The van der Waals surface area contributed by atoms with Gasteiger partial charge in [-0.1, -0.05) is 6.92 Å². The van der Waals surface area contributed by atoms with Crippen molar-refractivity contribution < 1.29 is 9.18 Å². The zero-order chi connectivity index (χ0) is 7.02. The van der Waals surface area contributed by atoms with E-state index >= 15 is 0 Å². The highest BCUT2D eigenvalue weighted by Gasteiger charge is 2.38. The van der Waals surface area contributed by atoms with Gasteiger partial charge in [0.2, 0.25) is 5.91 Å². The van der Waals surface area contributed by atoms with Crippen LogP contribution in [0.2, 0.25) is 0 Å². The second-order valence-electron chi connectivity index (χ2n) is 2.50. The SMILES string of the molecule is C[C@H](F)[C@@H]1NC(=O)[C@H]1C. The molecule has 3 heteroatoms. The molecule has 52 valence electrons. The smallest absolute Gasteiger partial charge is 0.225 e. The highest BCUT2D eigenvalue weighted by Crippen LogP contribution is 2.18. The van der Waals surface area contributed by atoms with Gasteiger partial charge in [0.15, 0.2) is 0 Å². The predicted molar refractivity (Wildman–Crippen MR) is 31.7 cm³/mol. The van der Waals surface area contributed by atoms with Gasteiger partial charge in [-0.2, -0.15) is 0 Å². The van der Waals surface area contributed by atoms with Crippen LogP contribution < -0.4 is 5.32 Å². The lowest BCUT2D eigenvalue weighted by molar-refractivity contribution is -0.136. The average Bonchev–Trinajstić information content (AvgIpc) is 1.81. The highest BCUT2D eigenvalue weighted by atomic mass is 19.1. The standard InChI is InChI=1S/C6H10FNO/c1-3-5(4(2)7)8-6(3)9/h3-5H,1-2H3,(H,8,9)/t3-,4-,5+/m0/s1. The van der Waals surface area contributed by atoms with Gasteiger partial charge < -0.3 is 5.32 Å². The third kappa shape index (κ3) is 0.910. The number of carbonyl (C=O) groups excluding carboxylic acids is 1. The molecule has 0 aromatic rings. The normalized spacial score (nSPS) is 37.0. The molecule has 0 aromatic heterocycles. The zero-order valence-electron chi connectivity index (χ0n) is 5.52. The Bertz CT molecular complexity index is 135. The first-order valence-electron chi connectivity index (χ1n) is 3.07. The molecule has 0 radical (unpaired) electrons. The van der Waals surface area contributed by atoms with Gasteiger partial charge in [0.05, 0.1) is 12.0 Å². The lowest BCUT2D eigenvalue weighted by Gasteiger charge is -2.35. The van der Waals surface area contributed by atoms with E-state index in [2.05, 4.69) is 5.32 Å². The Morgan fingerprint density at radius 1 is 1.78 bits per heavy atom. The third-order valence-electron chi connectivity index (χ3n) is 1.76. The fraction of sp³-hybridized carbons (Fsp3) is 0.833. The minimum Gasteiger partial charge on any atom is -0.349 e. The van der Waals surface area contributed by atoms with Gasteiger partial charge in [0, 0.05) is 0 Å². The molecule has 0 bridgehead atoms. The lowest BCUT2D eigenvalue weighted by atomic mass is 9.90. The number of rotatable bonds is 1. The molecule has 0 aliphatic carbocycles. The molecule has 0 aromatic carbocycles. The van der Waals surface area contributed by atoms with Crippen LogP contribution in [-0.2, 0) is 4.79 Å². The molecule has 1 heterocycles. The zero-order valence-corrected chi connectivity index (χ0v) is 5.52. The predicted octanol–water partition coefficient (Wildman–Crippen LogP) is 0.479. The van der Waals surface area contributed by atoms with Gasteiger partial charge in [0.25, 0.3) is 0 Å². The van der Waals surface area contributed by atoms with Crippen molar-refractivity contribution >= 4 is 5.91 Å². The summed E-state index contributed by atoms with van der Waals surface area (Å²) in [7, 11) is 0. The van der Waals surface area contributed by atoms with E-state index < -0.39 is 6.17 Å². The number of amides is 1. The molecular weight excluding hydrogens is 121 g/mol. The molecule has 1 rings (SSSR count). The lowest BCUT2D eigenvalue weighted by Crippen LogP contribution is -2.60. The van der Waals surface area contributed by atoms with Crippen LogP contribution >= 0.6 is 0 Å². The van der Waals surface area contributed by atoms with Crippen LogP contribution in [0.5, 0.6) is 0 Å². The Labute approximate surface area is 53.4 Å². The summed E-state index contributed by atoms with van der Waals surface area (Å²) in [5.41, 5.74) is 0. The van der Waals surface area contributed by atoms with E-state index in [9.17, 15) is 9.18 Å². The number of hydrogen-bond acceptors (Lipinski definition) is 1. The maximum absolute atomic E-state index is 12.4. The molecule has 1 amide bonds. The molecule has 1 aliphatic rings. The Morgan fingerprint density at radius 3 is 2.44 bits per heavy atom. The highest BCUT2D eigenvalue weighted by molar-refractivity contribution is 5.85. The van der Waals surface area contributed by atoms with Crippen molar-refractivity contribution in [2.45, 2.75) is 26.1 Å². The van der Waals surface area contributed by atoms with Crippen LogP contribution in [0, 0.1) is 5.92 Å². The summed E-state index contributed by atoms with van der Waals surface area (Å²) < 4.78 is 12.4. The van der Waals surface area contributed by atoms with Crippen molar-refractivity contribution in [3.63, 3.8) is 0 Å². The topological polar surface area (TPSA) is 29.1 Å². The van der Waals surface area contributed by atoms with Crippen LogP contribution in [0.15, 0.2) is 0 Å². The molecule has 9 heavy (non-hydrogen) atoms. The van der Waals surface area contributed by atoms with Gasteiger partial charge in [-0.3, -0.25) is 4.79 Å². The number of β-lactam (4-membered cyclic amide) rings is 1. The Balaban J connectivity index is 2.42. The van der Waals surface area contributed by atoms with Gasteiger partial charge in [-0.15, -0.1) is 0 Å². The van der Waals surface area contributed by atoms with E-state index in [0.29, 0.717) is 0 Å². The molecule has 0 saturated carbocycles. The fourth-order valence-electron chi connectivity index (χ4n) is 1.00. The van der Waals surface area contributed by atoms with Crippen LogP contribution in [0.3, 0.4) is 0 Å². The Kier molecular flexibility index (Phi) is 1.43. The number of hydrogen-bond donors (Lipinski definition) is 1. The molecule has 0 spiro atoms. The summed E-state index contributed by atoms with van der Waals surface area (Å²) in [6, 6.07) is -0.238. The Morgan fingerprint density at radius 2 is 2.33 bits per heavy atom. The van der Waals surface area contributed by atoms with E-state index in [1.807, 2.05) is 0 Å². The number of halogens is 1. The first-order chi connectivity index (χ1) is 4.13. The monoisotopic (exact) mass is 131 g/mol. The Hall–Kier alpha value is -0.600. The summed E-state index contributed by atoms with van der Waals surface area (Å²) in [4.78, 5) is 10.5. The summed E-state index contributed by atoms with van der Waals surface area (Å²) in [5.74, 6) is -0.172. The summed E-state index contributed by atoms with van der Waals surface area (Å²) in [6.45, 7) is 3.19. The number of alkyl halides is 1. The van der Waals surface area contributed by atoms with Gasteiger partial charge >= 0.3 is 0 Å². The first kappa shape index (κ1) is 6.52. The second kappa shape index (κ2) is 1.97. The van der Waals surface area contributed by atoms with Crippen molar-refractivity contribution in [2.75, 3.05) is 0 Å². The second-order valence-corrected chi connectivity index (χ2v) is 2.50. The molecule has 1 N–H and O–H groups in total. The summed E-state index contributed by atoms with van der Waals surface area (Å²) >= 11 is 0. The van der Waals surface area contributed by atoms with E-state index in [0.717, 1.165) is 0 Å². The van der Waals surface area contributed by atoms with Crippen LogP contribution in [-0.4, -0.2) is 18.1 Å². The maximum atomic E-state index is 12.4. The quantitative estimate of drug-likeness (QED) is 0.515. The van der Waals surface area contributed by atoms with Crippen molar-refractivity contribution in [3.8, 4) is 0 Å². The van der Waals surface area contributed by atoms with E-state index in [-0.39, 0.29) is 17.9 Å².